The molecule has 0 aliphatic carbocycles. The normalized spacial score (nSPS) is 10.5. The van der Waals surface area contributed by atoms with E-state index in [9.17, 15) is 5.11 Å². The van der Waals surface area contributed by atoms with Crippen molar-refractivity contribution in [1.82, 2.24) is 0 Å². The van der Waals surface area contributed by atoms with Gasteiger partial charge in [0.25, 0.3) is 0 Å². The first-order valence-corrected chi connectivity index (χ1v) is 6.48. The Kier molecular flexibility index (Phi) is 3.70. The Morgan fingerprint density at radius 3 is 2.80 bits per heavy atom. The summed E-state index contributed by atoms with van der Waals surface area (Å²) in [5.41, 5.74) is 0.876. The van der Waals surface area contributed by atoms with Gasteiger partial charge in [-0.2, -0.15) is 0 Å². The van der Waals surface area contributed by atoms with Gasteiger partial charge in [0.1, 0.15) is 0 Å². The maximum absolute atomic E-state index is 9.20. The van der Waals surface area contributed by atoms with E-state index in [4.69, 9.17) is 11.6 Å². The number of benzene rings is 1. The smallest absolute Gasteiger partial charge is 0.0693 e. The molecule has 0 saturated heterocycles. The monoisotopic (exact) mass is 256 g/mol. The fourth-order valence-electron chi connectivity index (χ4n) is 1.21. The molecule has 0 unspecified atom stereocenters. The summed E-state index contributed by atoms with van der Waals surface area (Å²) in [5, 5.41) is 11.9. The van der Waals surface area contributed by atoms with Crippen LogP contribution in [0, 0.1) is 0 Å². The Morgan fingerprint density at radius 1 is 1.27 bits per heavy atom. The third-order valence-corrected chi connectivity index (χ3v) is 4.57. The maximum atomic E-state index is 9.20. The largest absolute Gasteiger partial charge is 0.392 e. The standard InChI is InChI=1S/C11H9ClOS2/c12-9-4-1-3-8(7-13)11(9)15-10-5-2-6-14-10/h1-6,13H,7H2. The summed E-state index contributed by atoms with van der Waals surface area (Å²) in [6, 6.07) is 9.63. The van der Waals surface area contributed by atoms with Crippen LogP contribution in [0.25, 0.3) is 0 Å². The minimum absolute atomic E-state index is 0.0221. The Labute approximate surface area is 102 Å². The first-order valence-electron chi connectivity index (χ1n) is 4.41. The van der Waals surface area contributed by atoms with Gasteiger partial charge in [-0.25, -0.2) is 0 Å². The van der Waals surface area contributed by atoms with Crippen LogP contribution < -0.4 is 0 Å². The SMILES string of the molecule is OCc1cccc(Cl)c1Sc1cccs1. The predicted molar refractivity (Wildman–Crippen MR) is 65.8 cm³/mol. The average Bonchev–Trinajstić information content (AvgIpc) is 2.74. The van der Waals surface area contributed by atoms with E-state index in [1.807, 2.05) is 35.7 Å². The van der Waals surface area contributed by atoms with Crippen LogP contribution in [-0.2, 0) is 6.61 Å². The topological polar surface area (TPSA) is 20.2 Å². The molecule has 1 heterocycles. The molecule has 15 heavy (non-hydrogen) atoms. The molecule has 1 aromatic heterocycles. The van der Waals surface area contributed by atoms with E-state index in [1.165, 1.54) is 4.21 Å². The molecule has 0 atom stereocenters. The molecule has 0 bridgehead atoms. The van der Waals surface area contributed by atoms with Crippen molar-refractivity contribution >= 4 is 34.7 Å². The highest BCUT2D eigenvalue weighted by molar-refractivity contribution is 8.01. The van der Waals surface area contributed by atoms with Crippen molar-refractivity contribution in [2.45, 2.75) is 15.7 Å². The lowest BCUT2D eigenvalue weighted by Crippen LogP contribution is -1.87. The second-order valence-electron chi connectivity index (χ2n) is 2.92. The van der Waals surface area contributed by atoms with Gasteiger partial charge in [0.2, 0.25) is 0 Å². The number of aliphatic hydroxyl groups excluding tert-OH is 1. The summed E-state index contributed by atoms with van der Waals surface area (Å²) in [4.78, 5) is 0.948. The summed E-state index contributed by atoms with van der Waals surface area (Å²) >= 11 is 9.36. The van der Waals surface area contributed by atoms with Crippen LogP contribution in [0.1, 0.15) is 5.56 Å². The Balaban J connectivity index is 2.34. The molecule has 0 aliphatic rings. The fraction of sp³-hybridized carbons (Fsp3) is 0.0909. The van der Waals surface area contributed by atoms with Gasteiger partial charge in [0, 0.05) is 4.90 Å². The van der Waals surface area contributed by atoms with Crippen molar-refractivity contribution in [3.05, 3.63) is 46.3 Å². The van der Waals surface area contributed by atoms with Crippen LogP contribution in [0.4, 0.5) is 0 Å². The molecular weight excluding hydrogens is 248 g/mol. The molecule has 0 amide bonds. The number of hydrogen-bond acceptors (Lipinski definition) is 3. The highest BCUT2D eigenvalue weighted by Crippen LogP contribution is 2.38. The lowest BCUT2D eigenvalue weighted by Gasteiger charge is -2.07. The van der Waals surface area contributed by atoms with E-state index < -0.39 is 0 Å². The van der Waals surface area contributed by atoms with Gasteiger partial charge in [0.05, 0.1) is 15.8 Å². The molecule has 4 heteroatoms. The molecule has 78 valence electrons. The first kappa shape index (κ1) is 11.0. The van der Waals surface area contributed by atoms with Crippen LogP contribution in [0.3, 0.4) is 0 Å². The van der Waals surface area contributed by atoms with E-state index in [-0.39, 0.29) is 6.61 Å². The highest BCUT2D eigenvalue weighted by Gasteiger charge is 2.08. The second-order valence-corrected chi connectivity index (χ2v) is 5.59. The zero-order chi connectivity index (χ0) is 10.7. The van der Waals surface area contributed by atoms with E-state index in [0.717, 1.165) is 10.5 Å². The molecule has 0 radical (unpaired) electrons. The van der Waals surface area contributed by atoms with E-state index in [2.05, 4.69) is 0 Å². The van der Waals surface area contributed by atoms with Gasteiger partial charge < -0.3 is 5.11 Å². The Bertz CT molecular complexity index is 440. The van der Waals surface area contributed by atoms with Gasteiger partial charge >= 0.3 is 0 Å². The summed E-state index contributed by atoms with van der Waals surface area (Å²) in [6.45, 7) is 0.0221. The van der Waals surface area contributed by atoms with Gasteiger partial charge in [-0.1, -0.05) is 41.6 Å². The lowest BCUT2D eigenvalue weighted by molar-refractivity contribution is 0.279. The molecule has 1 aromatic carbocycles. The maximum Gasteiger partial charge on any atom is 0.0693 e. The van der Waals surface area contributed by atoms with Crippen molar-refractivity contribution in [2.75, 3.05) is 0 Å². The Hall–Kier alpha value is -0.480. The third-order valence-electron chi connectivity index (χ3n) is 1.92. The lowest BCUT2D eigenvalue weighted by atomic mass is 10.2. The van der Waals surface area contributed by atoms with Crippen molar-refractivity contribution < 1.29 is 5.11 Å². The van der Waals surface area contributed by atoms with E-state index in [0.29, 0.717) is 5.02 Å². The highest BCUT2D eigenvalue weighted by atomic mass is 35.5. The van der Waals surface area contributed by atoms with E-state index >= 15 is 0 Å². The summed E-state index contributed by atoms with van der Waals surface area (Å²) < 4.78 is 1.18. The summed E-state index contributed by atoms with van der Waals surface area (Å²) in [7, 11) is 0. The van der Waals surface area contributed by atoms with Gasteiger partial charge in [0.15, 0.2) is 0 Å². The van der Waals surface area contributed by atoms with Crippen molar-refractivity contribution in [1.29, 1.82) is 0 Å². The first-order chi connectivity index (χ1) is 7.31. The summed E-state index contributed by atoms with van der Waals surface area (Å²) in [5.74, 6) is 0. The molecule has 0 fully saturated rings. The fourth-order valence-corrected chi connectivity index (χ4v) is 3.36. The van der Waals surface area contributed by atoms with E-state index in [1.54, 1.807) is 23.1 Å². The summed E-state index contributed by atoms with van der Waals surface area (Å²) in [6.07, 6.45) is 0. The number of rotatable bonds is 3. The van der Waals surface area contributed by atoms with Gasteiger partial charge in [-0.3, -0.25) is 0 Å². The molecule has 2 aromatic rings. The minimum Gasteiger partial charge on any atom is -0.392 e. The van der Waals surface area contributed by atoms with Gasteiger partial charge in [-0.05, 0) is 23.1 Å². The van der Waals surface area contributed by atoms with Crippen LogP contribution in [0.2, 0.25) is 5.02 Å². The number of halogens is 1. The number of thiophene rings is 1. The minimum atomic E-state index is 0.0221. The average molecular weight is 257 g/mol. The number of hydrogen-bond donors (Lipinski definition) is 1. The molecule has 0 saturated carbocycles. The zero-order valence-electron chi connectivity index (χ0n) is 7.81. The second kappa shape index (κ2) is 5.03. The van der Waals surface area contributed by atoms with Crippen LogP contribution in [0.5, 0.6) is 0 Å². The Morgan fingerprint density at radius 2 is 2.13 bits per heavy atom. The predicted octanol–water partition coefficient (Wildman–Crippen LogP) is 4.05. The zero-order valence-corrected chi connectivity index (χ0v) is 10.2. The molecule has 1 N–H and O–H groups in total. The van der Waals surface area contributed by atoms with Gasteiger partial charge in [-0.15, -0.1) is 11.3 Å². The molecule has 0 aliphatic heterocycles. The van der Waals surface area contributed by atoms with Crippen molar-refractivity contribution in [2.24, 2.45) is 0 Å². The number of aliphatic hydroxyl groups is 1. The van der Waals surface area contributed by atoms with Crippen molar-refractivity contribution in [3.63, 3.8) is 0 Å². The molecule has 0 spiro atoms. The molecular formula is C11H9ClOS2. The van der Waals surface area contributed by atoms with Crippen molar-refractivity contribution in [3.8, 4) is 0 Å². The quantitative estimate of drug-likeness (QED) is 0.894. The molecule has 1 nitrogen and oxygen atoms in total. The van der Waals surface area contributed by atoms with Crippen LogP contribution in [-0.4, -0.2) is 5.11 Å². The van der Waals surface area contributed by atoms with Crippen LogP contribution in [0.15, 0.2) is 44.8 Å². The molecule has 2 rings (SSSR count). The van der Waals surface area contributed by atoms with Crippen LogP contribution >= 0.6 is 34.7 Å². The third kappa shape index (κ3) is 2.55.